The largest absolute Gasteiger partial charge is 0.339 e. The second-order valence-electron chi connectivity index (χ2n) is 6.70. The van der Waals surface area contributed by atoms with E-state index in [-0.39, 0.29) is 17.7 Å². The number of nitrogens with zero attached hydrogens (tertiary/aromatic N) is 2. The van der Waals surface area contributed by atoms with Crippen LogP contribution in [0.1, 0.15) is 35.2 Å². The first-order valence-corrected chi connectivity index (χ1v) is 8.92. The van der Waals surface area contributed by atoms with Crippen molar-refractivity contribution in [2.45, 2.75) is 19.3 Å². The van der Waals surface area contributed by atoms with Crippen LogP contribution in [0.2, 0.25) is 0 Å². The third-order valence-electron chi connectivity index (χ3n) is 4.84. The Balaban J connectivity index is 1.53. The van der Waals surface area contributed by atoms with Gasteiger partial charge in [0.1, 0.15) is 5.82 Å². The molecule has 2 amide bonds. The highest BCUT2D eigenvalue weighted by Crippen LogP contribution is 2.20. The SMILES string of the molecule is CC(CC(=O)N1CCN(C(=O)c2cccc(F)c2)CC1)c1ccccc1. The molecule has 5 heteroatoms. The summed E-state index contributed by atoms with van der Waals surface area (Å²) in [7, 11) is 0. The quantitative estimate of drug-likeness (QED) is 0.845. The fourth-order valence-corrected chi connectivity index (χ4v) is 3.25. The minimum Gasteiger partial charge on any atom is -0.339 e. The van der Waals surface area contributed by atoms with Crippen molar-refractivity contribution in [3.8, 4) is 0 Å². The second kappa shape index (κ2) is 8.13. The average Bonchev–Trinajstić information content (AvgIpc) is 2.68. The molecule has 4 nitrogen and oxygen atoms in total. The molecule has 0 spiro atoms. The van der Waals surface area contributed by atoms with E-state index in [1.54, 1.807) is 11.0 Å². The molecule has 26 heavy (non-hydrogen) atoms. The van der Waals surface area contributed by atoms with Crippen LogP contribution >= 0.6 is 0 Å². The summed E-state index contributed by atoms with van der Waals surface area (Å²) in [5.74, 6) is -0.330. The van der Waals surface area contributed by atoms with Crippen molar-refractivity contribution in [1.82, 2.24) is 9.80 Å². The Hall–Kier alpha value is -2.69. The fraction of sp³-hybridized carbons (Fsp3) is 0.333. The average molecular weight is 354 g/mol. The van der Waals surface area contributed by atoms with Crippen molar-refractivity contribution in [2.24, 2.45) is 0 Å². The van der Waals surface area contributed by atoms with Gasteiger partial charge < -0.3 is 9.80 Å². The molecule has 1 fully saturated rings. The minimum atomic E-state index is -0.417. The van der Waals surface area contributed by atoms with Gasteiger partial charge in [0.05, 0.1) is 0 Å². The summed E-state index contributed by atoms with van der Waals surface area (Å²) >= 11 is 0. The van der Waals surface area contributed by atoms with Crippen molar-refractivity contribution in [3.63, 3.8) is 0 Å². The van der Waals surface area contributed by atoms with Gasteiger partial charge in [0.15, 0.2) is 0 Å². The number of hydrogen-bond donors (Lipinski definition) is 0. The molecule has 0 saturated carbocycles. The van der Waals surface area contributed by atoms with Crippen LogP contribution < -0.4 is 0 Å². The van der Waals surface area contributed by atoms with Gasteiger partial charge in [0.25, 0.3) is 5.91 Å². The normalized spacial score (nSPS) is 15.6. The van der Waals surface area contributed by atoms with E-state index < -0.39 is 5.82 Å². The topological polar surface area (TPSA) is 40.6 Å². The Kier molecular flexibility index (Phi) is 5.66. The van der Waals surface area contributed by atoms with Crippen molar-refractivity contribution in [2.75, 3.05) is 26.2 Å². The van der Waals surface area contributed by atoms with E-state index in [0.29, 0.717) is 38.2 Å². The van der Waals surface area contributed by atoms with E-state index >= 15 is 0 Å². The molecule has 2 aromatic rings. The van der Waals surface area contributed by atoms with Crippen LogP contribution in [0.4, 0.5) is 4.39 Å². The number of amides is 2. The minimum absolute atomic E-state index is 0.110. The van der Waals surface area contributed by atoms with Gasteiger partial charge in [-0.25, -0.2) is 4.39 Å². The van der Waals surface area contributed by atoms with Gasteiger partial charge in [0, 0.05) is 38.2 Å². The number of hydrogen-bond acceptors (Lipinski definition) is 2. The van der Waals surface area contributed by atoms with Gasteiger partial charge in [-0.3, -0.25) is 9.59 Å². The van der Waals surface area contributed by atoms with Gasteiger partial charge in [-0.1, -0.05) is 43.3 Å². The molecule has 0 bridgehead atoms. The first-order chi connectivity index (χ1) is 12.5. The summed E-state index contributed by atoms with van der Waals surface area (Å²) < 4.78 is 13.3. The molecule has 1 aliphatic rings. The monoisotopic (exact) mass is 354 g/mol. The van der Waals surface area contributed by atoms with E-state index in [9.17, 15) is 14.0 Å². The van der Waals surface area contributed by atoms with E-state index in [1.807, 2.05) is 35.2 Å². The summed E-state index contributed by atoms with van der Waals surface area (Å²) in [6, 6.07) is 15.7. The smallest absolute Gasteiger partial charge is 0.254 e. The van der Waals surface area contributed by atoms with Crippen LogP contribution in [-0.2, 0) is 4.79 Å². The van der Waals surface area contributed by atoms with Gasteiger partial charge in [0.2, 0.25) is 5.91 Å². The molecular weight excluding hydrogens is 331 g/mol. The predicted molar refractivity (Wildman–Crippen MR) is 98.4 cm³/mol. The standard InChI is InChI=1S/C21H23FN2O2/c1-16(17-6-3-2-4-7-17)14-20(25)23-10-12-24(13-11-23)21(26)18-8-5-9-19(22)15-18/h2-9,15-16H,10-14H2,1H3. The Morgan fingerprint density at radius 2 is 1.62 bits per heavy atom. The highest BCUT2D eigenvalue weighted by Gasteiger charge is 2.25. The molecule has 2 aromatic carbocycles. The molecule has 0 aliphatic carbocycles. The molecule has 0 radical (unpaired) electrons. The number of benzene rings is 2. The molecule has 1 saturated heterocycles. The maximum Gasteiger partial charge on any atom is 0.254 e. The Morgan fingerprint density at radius 1 is 0.962 bits per heavy atom. The summed E-state index contributed by atoms with van der Waals surface area (Å²) in [6.45, 7) is 4.03. The lowest BCUT2D eigenvalue weighted by molar-refractivity contribution is -0.133. The maximum absolute atomic E-state index is 13.3. The van der Waals surface area contributed by atoms with E-state index in [2.05, 4.69) is 6.92 Å². The third-order valence-corrected chi connectivity index (χ3v) is 4.84. The highest BCUT2D eigenvalue weighted by molar-refractivity contribution is 5.94. The van der Waals surface area contributed by atoms with Crippen molar-refractivity contribution in [3.05, 3.63) is 71.5 Å². The van der Waals surface area contributed by atoms with Crippen LogP contribution in [-0.4, -0.2) is 47.8 Å². The van der Waals surface area contributed by atoms with Crippen LogP contribution in [0.3, 0.4) is 0 Å². The first kappa shape index (κ1) is 18.1. The summed E-state index contributed by atoms with van der Waals surface area (Å²) in [4.78, 5) is 28.5. The molecule has 3 rings (SSSR count). The van der Waals surface area contributed by atoms with Gasteiger partial charge in [-0.15, -0.1) is 0 Å². The molecular formula is C21H23FN2O2. The molecule has 0 aromatic heterocycles. The number of rotatable bonds is 4. The summed E-state index contributed by atoms with van der Waals surface area (Å²) in [6.07, 6.45) is 0.460. The highest BCUT2D eigenvalue weighted by atomic mass is 19.1. The lowest BCUT2D eigenvalue weighted by Crippen LogP contribution is -2.50. The van der Waals surface area contributed by atoms with Crippen molar-refractivity contribution >= 4 is 11.8 Å². The zero-order chi connectivity index (χ0) is 18.5. The number of halogens is 1. The van der Waals surface area contributed by atoms with Crippen LogP contribution in [0.15, 0.2) is 54.6 Å². The van der Waals surface area contributed by atoms with E-state index in [1.165, 1.54) is 18.2 Å². The third kappa shape index (κ3) is 4.28. The summed E-state index contributed by atoms with van der Waals surface area (Å²) in [5, 5.41) is 0. The van der Waals surface area contributed by atoms with Gasteiger partial charge in [-0.05, 0) is 29.7 Å². The molecule has 1 aliphatic heterocycles. The lowest BCUT2D eigenvalue weighted by Gasteiger charge is -2.35. The zero-order valence-electron chi connectivity index (χ0n) is 14.9. The number of piperazine rings is 1. The fourth-order valence-electron chi connectivity index (χ4n) is 3.25. The predicted octanol–water partition coefficient (Wildman–Crippen LogP) is 3.30. The van der Waals surface area contributed by atoms with Gasteiger partial charge >= 0.3 is 0 Å². The molecule has 136 valence electrons. The molecule has 0 N–H and O–H groups in total. The Bertz CT molecular complexity index is 771. The first-order valence-electron chi connectivity index (χ1n) is 8.92. The van der Waals surface area contributed by atoms with Crippen LogP contribution in [0.25, 0.3) is 0 Å². The van der Waals surface area contributed by atoms with Crippen LogP contribution in [0.5, 0.6) is 0 Å². The lowest BCUT2D eigenvalue weighted by atomic mass is 9.97. The molecule has 1 unspecified atom stereocenters. The number of carbonyl (C=O) groups excluding carboxylic acids is 2. The zero-order valence-corrected chi connectivity index (χ0v) is 14.9. The maximum atomic E-state index is 13.3. The van der Waals surface area contributed by atoms with Crippen LogP contribution in [0, 0.1) is 5.82 Å². The number of carbonyl (C=O) groups is 2. The second-order valence-corrected chi connectivity index (χ2v) is 6.70. The van der Waals surface area contributed by atoms with Crippen molar-refractivity contribution in [1.29, 1.82) is 0 Å². The van der Waals surface area contributed by atoms with E-state index in [4.69, 9.17) is 0 Å². The Morgan fingerprint density at radius 3 is 2.27 bits per heavy atom. The Labute approximate surface area is 153 Å². The summed E-state index contributed by atoms with van der Waals surface area (Å²) in [5.41, 5.74) is 1.50. The molecule has 1 atom stereocenters. The van der Waals surface area contributed by atoms with Crippen molar-refractivity contribution < 1.29 is 14.0 Å². The molecule has 1 heterocycles. The van der Waals surface area contributed by atoms with E-state index in [0.717, 1.165) is 5.56 Å². The van der Waals surface area contributed by atoms with Gasteiger partial charge in [-0.2, -0.15) is 0 Å².